The van der Waals surface area contributed by atoms with Crippen LogP contribution in [0.2, 0.25) is 0 Å². The summed E-state index contributed by atoms with van der Waals surface area (Å²) < 4.78 is 1.86. The summed E-state index contributed by atoms with van der Waals surface area (Å²) in [5.41, 5.74) is 7.15. The van der Waals surface area contributed by atoms with Gasteiger partial charge in [-0.3, -0.25) is 4.98 Å². The monoisotopic (exact) mass is 353 g/mol. The van der Waals surface area contributed by atoms with Gasteiger partial charge >= 0.3 is 0 Å². The molecule has 1 saturated carbocycles. The van der Waals surface area contributed by atoms with E-state index in [2.05, 4.69) is 29.2 Å². The van der Waals surface area contributed by atoms with Gasteiger partial charge < -0.3 is 0 Å². The third-order valence-electron chi connectivity index (χ3n) is 6.22. The van der Waals surface area contributed by atoms with Gasteiger partial charge in [0.2, 0.25) is 0 Å². The third-order valence-corrected chi connectivity index (χ3v) is 6.22. The first-order chi connectivity index (χ1) is 13.3. The lowest BCUT2D eigenvalue weighted by molar-refractivity contribution is 0.433. The maximum atomic E-state index is 4.97. The molecule has 0 bridgehead atoms. The van der Waals surface area contributed by atoms with Crippen LogP contribution in [-0.4, -0.2) is 24.6 Å². The van der Waals surface area contributed by atoms with E-state index in [9.17, 15) is 0 Å². The second-order valence-electron chi connectivity index (χ2n) is 7.73. The molecule has 0 saturated heterocycles. The lowest BCUT2D eigenvalue weighted by Crippen LogP contribution is -2.31. The molecule has 5 heteroatoms. The molecular formula is C22H19N5. The van der Waals surface area contributed by atoms with Gasteiger partial charge in [0.1, 0.15) is 6.33 Å². The van der Waals surface area contributed by atoms with E-state index in [4.69, 9.17) is 15.1 Å². The second-order valence-corrected chi connectivity index (χ2v) is 7.73. The zero-order chi connectivity index (χ0) is 17.8. The fraction of sp³-hybridized carbons (Fsp3) is 0.273. The first-order valence-corrected chi connectivity index (χ1v) is 9.59. The van der Waals surface area contributed by atoms with Crippen LogP contribution in [0.5, 0.6) is 0 Å². The summed E-state index contributed by atoms with van der Waals surface area (Å²) in [6, 6.07) is 12.6. The van der Waals surface area contributed by atoms with Crippen LogP contribution >= 0.6 is 0 Å². The van der Waals surface area contributed by atoms with Gasteiger partial charge in [-0.25, -0.2) is 14.5 Å². The minimum atomic E-state index is 0.141. The molecule has 1 aromatic carbocycles. The fourth-order valence-electron chi connectivity index (χ4n) is 5.01. The number of aromatic nitrogens is 5. The number of pyridine rings is 1. The zero-order valence-corrected chi connectivity index (χ0v) is 15.0. The summed E-state index contributed by atoms with van der Waals surface area (Å²) in [7, 11) is 0. The molecule has 0 atom stereocenters. The Kier molecular flexibility index (Phi) is 3.04. The lowest BCUT2D eigenvalue weighted by atomic mass is 9.68. The highest BCUT2D eigenvalue weighted by atomic mass is 15.3. The number of fused-ring (bicyclic) bond motifs is 6. The van der Waals surface area contributed by atoms with Crippen LogP contribution in [0.3, 0.4) is 0 Å². The van der Waals surface area contributed by atoms with E-state index < -0.39 is 0 Å². The number of rotatable bonds is 1. The van der Waals surface area contributed by atoms with Crippen LogP contribution in [0.25, 0.3) is 28.3 Å². The van der Waals surface area contributed by atoms with Crippen molar-refractivity contribution in [3.8, 4) is 22.6 Å². The molecule has 27 heavy (non-hydrogen) atoms. The summed E-state index contributed by atoms with van der Waals surface area (Å²) in [4.78, 5) is 13.9. The molecule has 3 heterocycles. The Hall–Kier alpha value is -3.08. The van der Waals surface area contributed by atoms with E-state index >= 15 is 0 Å². The molecule has 0 aliphatic heterocycles. The zero-order valence-electron chi connectivity index (χ0n) is 15.0. The van der Waals surface area contributed by atoms with Crippen molar-refractivity contribution in [2.24, 2.45) is 0 Å². The van der Waals surface area contributed by atoms with E-state index in [1.165, 1.54) is 42.4 Å². The van der Waals surface area contributed by atoms with Crippen molar-refractivity contribution in [3.63, 3.8) is 0 Å². The van der Waals surface area contributed by atoms with Crippen molar-refractivity contribution in [2.75, 3.05) is 0 Å². The van der Waals surface area contributed by atoms with Gasteiger partial charge in [0.25, 0.3) is 0 Å². The predicted molar refractivity (Wildman–Crippen MR) is 103 cm³/mol. The third kappa shape index (κ3) is 2.11. The Balaban J connectivity index is 1.66. The van der Waals surface area contributed by atoms with E-state index in [0.717, 1.165) is 29.1 Å². The highest BCUT2D eigenvalue weighted by molar-refractivity contribution is 5.78. The first kappa shape index (κ1) is 15.0. The average molecular weight is 353 g/mol. The van der Waals surface area contributed by atoms with E-state index in [1.54, 1.807) is 12.4 Å². The summed E-state index contributed by atoms with van der Waals surface area (Å²) in [6.45, 7) is 0. The topological polar surface area (TPSA) is 56.0 Å². The van der Waals surface area contributed by atoms with Crippen molar-refractivity contribution in [3.05, 3.63) is 66.2 Å². The minimum absolute atomic E-state index is 0.141. The Morgan fingerprint density at radius 1 is 0.963 bits per heavy atom. The van der Waals surface area contributed by atoms with Gasteiger partial charge in [-0.15, -0.1) is 5.10 Å². The lowest BCUT2D eigenvalue weighted by Gasteiger charge is -2.36. The molecule has 6 rings (SSSR count). The maximum absolute atomic E-state index is 4.97. The van der Waals surface area contributed by atoms with Crippen LogP contribution < -0.4 is 0 Å². The molecule has 4 aromatic rings. The molecule has 0 unspecified atom stereocenters. The van der Waals surface area contributed by atoms with Gasteiger partial charge in [0.05, 0.1) is 5.69 Å². The molecule has 3 aromatic heterocycles. The van der Waals surface area contributed by atoms with Crippen LogP contribution in [-0.2, 0) is 11.8 Å². The Labute approximate surface area is 157 Å². The number of benzene rings is 1. The molecule has 5 nitrogen and oxygen atoms in total. The van der Waals surface area contributed by atoms with Crippen LogP contribution in [0.1, 0.15) is 36.8 Å². The summed E-state index contributed by atoms with van der Waals surface area (Å²) in [5.74, 6) is 0.736. The van der Waals surface area contributed by atoms with Gasteiger partial charge in [-0.2, -0.15) is 0 Å². The molecule has 1 spiro atoms. The molecular weight excluding hydrogens is 334 g/mol. The normalized spacial score (nSPS) is 17.2. The number of hydrogen-bond acceptors (Lipinski definition) is 4. The van der Waals surface area contributed by atoms with Gasteiger partial charge in [0, 0.05) is 34.5 Å². The summed E-state index contributed by atoms with van der Waals surface area (Å²) >= 11 is 0. The van der Waals surface area contributed by atoms with Gasteiger partial charge in [-0.1, -0.05) is 37.1 Å². The molecule has 132 valence electrons. The second kappa shape index (κ2) is 5.46. The Morgan fingerprint density at radius 2 is 1.78 bits per heavy atom. The van der Waals surface area contributed by atoms with Gasteiger partial charge in [0.15, 0.2) is 11.5 Å². The highest BCUT2D eigenvalue weighted by Crippen LogP contribution is 2.52. The van der Waals surface area contributed by atoms with Crippen molar-refractivity contribution >= 4 is 5.65 Å². The van der Waals surface area contributed by atoms with Crippen molar-refractivity contribution in [1.82, 2.24) is 24.6 Å². The minimum Gasteiger partial charge on any atom is -0.265 e. The van der Waals surface area contributed by atoms with Crippen molar-refractivity contribution in [2.45, 2.75) is 37.5 Å². The summed E-state index contributed by atoms with van der Waals surface area (Å²) in [5, 5.41) is 4.72. The van der Waals surface area contributed by atoms with E-state index in [-0.39, 0.29) is 5.41 Å². The summed E-state index contributed by atoms with van der Waals surface area (Å²) in [6.07, 6.45) is 11.4. The standard InChI is InChI=1S/C22H19N5/c1-2-6-17-16(5-1)13-22(9-3-4-10-22)18-19(17)24-14-27-21(18)25-20(26-27)15-7-11-23-12-8-15/h1-2,5-8,11-12,14H,3-4,9-10,13H2. The number of hydrogen-bond donors (Lipinski definition) is 0. The predicted octanol–water partition coefficient (Wildman–Crippen LogP) is 4.22. The average Bonchev–Trinajstić information content (AvgIpc) is 3.36. The smallest absolute Gasteiger partial charge is 0.182 e. The SMILES string of the molecule is c1ccc2c(c1)CC1(CCCC1)c1c-2ncn2nc(-c3ccncc3)nc12. The van der Waals surface area contributed by atoms with Crippen LogP contribution in [0, 0.1) is 0 Å². The van der Waals surface area contributed by atoms with Crippen LogP contribution in [0.15, 0.2) is 55.1 Å². The molecule has 2 aliphatic rings. The van der Waals surface area contributed by atoms with Crippen molar-refractivity contribution < 1.29 is 0 Å². The molecule has 0 radical (unpaired) electrons. The van der Waals surface area contributed by atoms with Crippen molar-refractivity contribution in [1.29, 1.82) is 0 Å². The quantitative estimate of drug-likeness (QED) is 0.514. The fourth-order valence-corrected chi connectivity index (χ4v) is 5.01. The van der Waals surface area contributed by atoms with E-state index in [0.29, 0.717) is 0 Å². The van der Waals surface area contributed by atoms with Gasteiger partial charge in [-0.05, 0) is 37.0 Å². The number of nitrogens with zero attached hydrogens (tertiary/aromatic N) is 5. The van der Waals surface area contributed by atoms with Crippen LogP contribution in [0.4, 0.5) is 0 Å². The highest BCUT2D eigenvalue weighted by Gasteiger charge is 2.43. The molecule has 2 aliphatic carbocycles. The maximum Gasteiger partial charge on any atom is 0.182 e. The molecule has 1 fully saturated rings. The van der Waals surface area contributed by atoms with E-state index in [1.807, 2.05) is 23.0 Å². The Bertz CT molecular complexity index is 1160. The largest absolute Gasteiger partial charge is 0.265 e. The Morgan fingerprint density at radius 3 is 2.63 bits per heavy atom. The molecule has 0 N–H and O–H groups in total. The first-order valence-electron chi connectivity index (χ1n) is 9.59. The molecule has 0 amide bonds.